The van der Waals surface area contributed by atoms with Crippen LogP contribution in [-0.4, -0.2) is 12.2 Å². The molecule has 0 aliphatic rings. The van der Waals surface area contributed by atoms with Crippen molar-refractivity contribution in [3.05, 3.63) is 54.1 Å². The van der Waals surface area contributed by atoms with Crippen LogP contribution in [0.5, 0.6) is 5.75 Å². The van der Waals surface area contributed by atoms with Crippen molar-refractivity contribution in [2.45, 2.75) is 20.0 Å². The Morgan fingerprint density at radius 3 is 2.21 bits per heavy atom. The fraction of sp³-hybridized carbons (Fsp3) is 0.294. The number of rotatable bonds is 4. The van der Waals surface area contributed by atoms with E-state index in [1.54, 1.807) is 7.11 Å². The predicted octanol–water partition coefficient (Wildman–Crippen LogP) is 4.05. The Morgan fingerprint density at radius 1 is 0.947 bits per heavy atom. The summed E-state index contributed by atoms with van der Waals surface area (Å²) in [6.07, 6.45) is -0.515. The molecule has 0 bridgehead atoms. The van der Waals surface area contributed by atoms with Crippen molar-refractivity contribution in [2.24, 2.45) is 5.92 Å². The molecule has 0 amide bonds. The van der Waals surface area contributed by atoms with E-state index in [-0.39, 0.29) is 5.92 Å². The van der Waals surface area contributed by atoms with Crippen LogP contribution in [-0.2, 0) is 0 Å². The lowest BCUT2D eigenvalue weighted by Crippen LogP contribution is -2.07. The van der Waals surface area contributed by atoms with Gasteiger partial charge >= 0.3 is 0 Å². The highest BCUT2D eigenvalue weighted by Gasteiger charge is 2.17. The van der Waals surface area contributed by atoms with E-state index in [0.717, 1.165) is 22.4 Å². The van der Waals surface area contributed by atoms with Gasteiger partial charge in [-0.15, -0.1) is 0 Å². The maximum Gasteiger partial charge on any atom is 0.124 e. The van der Waals surface area contributed by atoms with Gasteiger partial charge in [-0.05, 0) is 29.2 Å². The maximum absolute atomic E-state index is 10.3. The molecule has 0 aliphatic heterocycles. The molecular formula is C17H20O2. The molecule has 2 heteroatoms. The van der Waals surface area contributed by atoms with E-state index in [1.807, 2.05) is 50.2 Å². The molecule has 1 N–H and O–H groups in total. The second-order valence-electron chi connectivity index (χ2n) is 5.01. The molecule has 0 fully saturated rings. The minimum atomic E-state index is -0.515. The second kappa shape index (κ2) is 5.89. The Balaban J connectivity index is 2.47. The first kappa shape index (κ1) is 13.6. The third-order valence-electron chi connectivity index (χ3n) is 3.29. The fourth-order valence-corrected chi connectivity index (χ4v) is 2.13. The van der Waals surface area contributed by atoms with Crippen molar-refractivity contribution in [1.82, 2.24) is 0 Å². The second-order valence-corrected chi connectivity index (χ2v) is 5.01. The minimum absolute atomic E-state index is 0.153. The number of aliphatic hydroxyl groups is 1. The van der Waals surface area contributed by atoms with Crippen LogP contribution in [0.15, 0.2) is 48.5 Å². The maximum atomic E-state index is 10.3. The van der Waals surface area contributed by atoms with Gasteiger partial charge in [0.1, 0.15) is 5.75 Å². The SMILES string of the molecule is COc1ccc(-c2ccccc2)cc1C(O)C(C)C. The molecule has 19 heavy (non-hydrogen) atoms. The molecule has 0 aliphatic carbocycles. The molecule has 2 rings (SSSR count). The normalized spacial score (nSPS) is 12.5. The molecule has 0 saturated carbocycles. The van der Waals surface area contributed by atoms with E-state index in [4.69, 9.17) is 4.74 Å². The lowest BCUT2D eigenvalue weighted by molar-refractivity contribution is 0.123. The molecule has 0 spiro atoms. The van der Waals surface area contributed by atoms with E-state index in [0.29, 0.717) is 0 Å². The van der Waals surface area contributed by atoms with Crippen molar-refractivity contribution >= 4 is 0 Å². The molecular weight excluding hydrogens is 236 g/mol. The van der Waals surface area contributed by atoms with E-state index in [9.17, 15) is 5.11 Å². The highest BCUT2D eigenvalue weighted by Crippen LogP contribution is 2.33. The Labute approximate surface area is 114 Å². The van der Waals surface area contributed by atoms with Crippen molar-refractivity contribution in [2.75, 3.05) is 7.11 Å². The van der Waals surface area contributed by atoms with Crippen LogP contribution in [0.3, 0.4) is 0 Å². The molecule has 0 radical (unpaired) electrons. The predicted molar refractivity (Wildman–Crippen MR) is 78.2 cm³/mol. The summed E-state index contributed by atoms with van der Waals surface area (Å²) in [5.74, 6) is 0.890. The monoisotopic (exact) mass is 256 g/mol. The Morgan fingerprint density at radius 2 is 1.63 bits per heavy atom. The lowest BCUT2D eigenvalue weighted by Gasteiger charge is -2.19. The highest BCUT2D eigenvalue weighted by molar-refractivity contribution is 5.65. The van der Waals surface area contributed by atoms with Gasteiger partial charge in [0, 0.05) is 5.56 Å². The van der Waals surface area contributed by atoms with Gasteiger partial charge in [0.15, 0.2) is 0 Å². The van der Waals surface area contributed by atoms with Crippen LogP contribution < -0.4 is 4.74 Å². The third-order valence-corrected chi connectivity index (χ3v) is 3.29. The summed E-state index contributed by atoms with van der Waals surface area (Å²) in [6.45, 7) is 4.00. The van der Waals surface area contributed by atoms with Crippen LogP contribution in [0.25, 0.3) is 11.1 Å². The molecule has 1 unspecified atom stereocenters. The van der Waals surface area contributed by atoms with Gasteiger partial charge in [0.2, 0.25) is 0 Å². The fourth-order valence-electron chi connectivity index (χ4n) is 2.13. The highest BCUT2D eigenvalue weighted by atomic mass is 16.5. The van der Waals surface area contributed by atoms with E-state index in [2.05, 4.69) is 12.1 Å². The molecule has 100 valence electrons. The first-order chi connectivity index (χ1) is 9.13. The van der Waals surface area contributed by atoms with Crippen LogP contribution in [0.2, 0.25) is 0 Å². The molecule has 2 nitrogen and oxygen atoms in total. The van der Waals surface area contributed by atoms with E-state index >= 15 is 0 Å². The zero-order chi connectivity index (χ0) is 13.8. The van der Waals surface area contributed by atoms with E-state index < -0.39 is 6.10 Å². The largest absolute Gasteiger partial charge is 0.496 e. The average molecular weight is 256 g/mol. The summed E-state index contributed by atoms with van der Waals surface area (Å²) in [6, 6.07) is 16.1. The number of hydrogen-bond donors (Lipinski definition) is 1. The van der Waals surface area contributed by atoms with E-state index in [1.165, 1.54) is 0 Å². The topological polar surface area (TPSA) is 29.5 Å². The van der Waals surface area contributed by atoms with Crippen LogP contribution in [0, 0.1) is 5.92 Å². The number of hydrogen-bond acceptors (Lipinski definition) is 2. The first-order valence-corrected chi connectivity index (χ1v) is 6.55. The molecule has 2 aromatic rings. The summed E-state index contributed by atoms with van der Waals surface area (Å²) >= 11 is 0. The third kappa shape index (κ3) is 2.96. The summed E-state index contributed by atoms with van der Waals surface area (Å²) in [5, 5.41) is 10.3. The summed E-state index contributed by atoms with van der Waals surface area (Å²) in [5.41, 5.74) is 3.08. The zero-order valence-electron chi connectivity index (χ0n) is 11.6. The summed E-state index contributed by atoms with van der Waals surface area (Å²) in [7, 11) is 1.63. The van der Waals surface area contributed by atoms with Gasteiger partial charge in [0.05, 0.1) is 13.2 Å². The average Bonchev–Trinajstić information content (AvgIpc) is 2.46. The summed E-state index contributed by atoms with van der Waals surface area (Å²) in [4.78, 5) is 0. The van der Waals surface area contributed by atoms with Gasteiger partial charge in [-0.25, -0.2) is 0 Å². The number of ether oxygens (including phenoxy) is 1. The summed E-state index contributed by atoms with van der Waals surface area (Å²) < 4.78 is 5.35. The molecule has 2 aromatic carbocycles. The van der Waals surface area contributed by atoms with Crippen LogP contribution in [0.4, 0.5) is 0 Å². The Bertz CT molecular complexity index is 532. The van der Waals surface area contributed by atoms with Crippen LogP contribution in [0.1, 0.15) is 25.5 Å². The van der Waals surface area contributed by atoms with Crippen molar-refractivity contribution < 1.29 is 9.84 Å². The standard InChI is InChI=1S/C17H20O2/c1-12(2)17(18)15-11-14(9-10-16(15)19-3)13-7-5-4-6-8-13/h4-12,17-18H,1-3H3. The zero-order valence-corrected chi connectivity index (χ0v) is 11.6. The number of aliphatic hydroxyl groups excluding tert-OH is 1. The van der Waals surface area contributed by atoms with Gasteiger partial charge in [-0.2, -0.15) is 0 Å². The van der Waals surface area contributed by atoms with Gasteiger partial charge in [0.25, 0.3) is 0 Å². The van der Waals surface area contributed by atoms with Gasteiger partial charge in [-0.1, -0.05) is 50.2 Å². The first-order valence-electron chi connectivity index (χ1n) is 6.55. The minimum Gasteiger partial charge on any atom is -0.496 e. The number of methoxy groups -OCH3 is 1. The molecule has 1 atom stereocenters. The number of benzene rings is 2. The van der Waals surface area contributed by atoms with Crippen LogP contribution >= 0.6 is 0 Å². The quantitative estimate of drug-likeness (QED) is 0.894. The Kier molecular flexibility index (Phi) is 4.23. The molecule has 0 aromatic heterocycles. The van der Waals surface area contributed by atoms with Crippen molar-refractivity contribution in [3.8, 4) is 16.9 Å². The molecule has 0 saturated heterocycles. The lowest BCUT2D eigenvalue weighted by atomic mass is 9.94. The van der Waals surface area contributed by atoms with Crippen molar-refractivity contribution in [1.29, 1.82) is 0 Å². The Hall–Kier alpha value is -1.80. The molecule has 0 heterocycles. The van der Waals surface area contributed by atoms with Gasteiger partial charge < -0.3 is 9.84 Å². The van der Waals surface area contributed by atoms with Gasteiger partial charge in [-0.3, -0.25) is 0 Å². The van der Waals surface area contributed by atoms with Crippen molar-refractivity contribution in [3.63, 3.8) is 0 Å². The smallest absolute Gasteiger partial charge is 0.124 e.